The maximum Gasteiger partial charge on any atom is 0.265 e. The van der Waals surface area contributed by atoms with Crippen molar-refractivity contribution in [2.45, 2.75) is 11.8 Å². The molecule has 174 valence electrons. The van der Waals surface area contributed by atoms with E-state index in [1.807, 2.05) is 31.2 Å². The maximum atomic E-state index is 13.2. The number of hydrogen-bond acceptors (Lipinski definition) is 6. The molecule has 0 atom stereocenters. The molecule has 2 aromatic carbocycles. The number of carbonyl (C=O) groups excluding carboxylic acids is 1. The van der Waals surface area contributed by atoms with Crippen molar-refractivity contribution in [2.24, 2.45) is 7.05 Å². The Balaban J connectivity index is 1.54. The van der Waals surface area contributed by atoms with Gasteiger partial charge in [-0.25, -0.2) is 8.42 Å². The predicted octanol–water partition coefficient (Wildman–Crippen LogP) is 2.64. The zero-order chi connectivity index (χ0) is 23.6. The van der Waals surface area contributed by atoms with Crippen LogP contribution >= 0.6 is 0 Å². The van der Waals surface area contributed by atoms with Gasteiger partial charge in [-0.05, 0) is 43.3 Å². The molecule has 33 heavy (non-hydrogen) atoms. The maximum absolute atomic E-state index is 13.2. The van der Waals surface area contributed by atoms with E-state index in [9.17, 15) is 13.2 Å². The Morgan fingerprint density at radius 1 is 1.06 bits per heavy atom. The van der Waals surface area contributed by atoms with Gasteiger partial charge in [0, 0.05) is 38.6 Å². The first-order chi connectivity index (χ1) is 15.8. The third-order valence-electron chi connectivity index (χ3n) is 5.63. The van der Waals surface area contributed by atoms with Gasteiger partial charge < -0.3 is 15.0 Å². The Bertz CT molecular complexity index is 1230. The van der Waals surface area contributed by atoms with Gasteiger partial charge in [-0.1, -0.05) is 17.7 Å². The van der Waals surface area contributed by atoms with E-state index in [0.29, 0.717) is 18.9 Å². The summed E-state index contributed by atoms with van der Waals surface area (Å²) in [6, 6.07) is 14.1. The molecule has 3 aromatic rings. The number of nitrogens with one attached hydrogen (secondary N) is 1. The number of aromatic nitrogens is 2. The lowest BCUT2D eigenvalue weighted by molar-refractivity contribution is 0.102. The number of aryl methyl sites for hydroxylation is 2. The molecule has 0 radical (unpaired) electrons. The summed E-state index contributed by atoms with van der Waals surface area (Å²) >= 11 is 0. The summed E-state index contributed by atoms with van der Waals surface area (Å²) in [5.41, 5.74) is 2.78. The molecular weight excluding hydrogens is 442 g/mol. The van der Waals surface area contributed by atoms with Crippen molar-refractivity contribution in [1.82, 2.24) is 9.78 Å². The van der Waals surface area contributed by atoms with E-state index >= 15 is 0 Å². The largest absolute Gasteiger partial charge is 0.378 e. The first kappa shape index (κ1) is 22.8. The number of hydrogen-bond donors (Lipinski definition) is 1. The molecule has 4 rings (SSSR count). The second-order valence-corrected chi connectivity index (χ2v) is 9.86. The summed E-state index contributed by atoms with van der Waals surface area (Å²) in [6.07, 6.45) is 1.37. The fourth-order valence-corrected chi connectivity index (χ4v) is 4.96. The van der Waals surface area contributed by atoms with Crippen molar-refractivity contribution in [1.29, 1.82) is 0 Å². The summed E-state index contributed by atoms with van der Waals surface area (Å²) in [4.78, 5) is 15.4. The number of benzene rings is 2. The molecule has 0 saturated carbocycles. The van der Waals surface area contributed by atoms with E-state index in [-0.39, 0.29) is 16.3 Å². The third kappa shape index (κ3) is 4.71. The summed E-state index contributed by atoms with van der Waals surface area (Å²) in [5.74, 6) is -0.263. The highest BCUT2D eigenvalue weighted by molar-refractivity contribution is 7.92. The minimum absolute atomic E-state index is 0.141. The van der Waals surface area contributed by atoms with Crippen LogP contribution in [0, 0.1) is 6.92 Å². The number of anilines is 3. The molecule has 1 aromatic heterocycles. The molecule has 2 heterocycles. The van der Waals surface area contributed by atoms with Gasteiger partial charge >= 0.3 is 0 Å². The highest BCUT2D eigenvalue weighted by Crippen LogP contribution is 2.27. The topological polar surface area (TPSA) is 96.8 Å². The fourth-order valence-electron chi connectivity index (χ4n) is 3.72. The Hall–Kier alpha value is -3.37. The van der Waals surface area contributed by atoms with Crippen LogP contribution in [0.3, 0.4) is 0 Å². The molecule has 1 aliphatic rings. The van der Waals surface area contributed by atoms with Crippen LogP contribution in [0.4, 0.5) is 17.2 Å². The molecule has 9 nitrogen and oxygen atoms in total. The van der Waals surface area contributed by atoms with E-state index in [1.165, 1.54) is 17.9 Å². The number of morpholine rings is 1. The number of ether oxygens (including phenoxy) is 1. The van der Waals surface area contributed by atoms with E-state index in [2.05, 4.69) is 15.3 Å². The number of sulfonamides is 1. The lowest BCUT2D eigenvalue weighted by Crippen LogP contribution is -2.36. The van der Waals surface area contributed by atoms with Gasteiger partial charge in [0.25, 0.3) is 15.9 Å². The average molecular weight is 470 g/mol. The Kier molecular flexibility index (Phi) is 6.39. The Morgan fingerprint density at radius 2 is 1.70 bits per heavy atom. The molecule has 1 fully saturated rings. The summed E-state index contributed by atoms with van der Waals surface area (Å²) < 4.78 is 34.2. The van der Waals surface area contributed by atoms with Crippen molar-refractivity contribution in [2.75, 3.05) is 47.9 Å². The lowest BCUT2D eigenvalue weighted by atomic mass is 10.2. The van der Waals surface area contributed by atoms with Crippen LogP contribution in [0.2, 0.25) is 0 Å². The normalized spacial score (nSPS) is 14.2. The third-order valence-corrected chi connectivity index (χ3v) is 7.39. The molecule has 0 aliphatic carbocycles. The van der Waals surface area contributed by atoms with Crippen LogP contribution in [0.5, 0.6) is 0 Å². The quantitative estimate of drug-likeness (QED) is 0.596. The first-order valence-electron chi connectivity index (χ1n) is 10.6. The summed E-state index contributed by atoms with van der Waals surface area (Å²) in [6.45, 7) is 4.93. The van der Waals surface area contributed by atoms with E-state index in [0.717, 1.165) is 28.6 Å². The van der Waals surface area contributed by atoms with Crippen molar-refractivity contribution in [3.63, 3.8) is 0 Å². The summed E-state index contributed by atoms with van der Waals surface area (Å²) in [7, 11) is -0.853. The molecule has 10 heteroatoms. The molecule has 1 aliphatic heterocycles. The number of carbonyl (C=O) groups is 1. The van der Waals surface area contributed by atoms with Gasteiger partial charge in [0.15, 0.2) is 5.82 Å². The molecule has 1 N–H and O–H groups in total. The minimum atomic E-state index is -3.87. The number of rotatable bonds is 6. The van der Waals surface area contributed by atoms with Crippen molar-refractivity contribution in [3.05, 3.63) is 65.9 Å². The zero-order valence-electron chi connectivity index (χ0n) is 18.9. The second-order valence-electron chi connectivity index (χ2n) is 7.89. The molecule has 0 bridgehead atoms. The first-order valence-corrected chi connectivity index (χ1v) is 12.0. The summed E-state index contributed by atoms with van der Waals surface area (Å²) in [5, 5.41) is 6.97. The van der Waals surface area contributed by atoms with E-state index in [4.69, 9.17) is 4.74 Å². The van der Waals surface area contributed by atoms with Crippen LogP contribution in [-0.2, 0) is 21.8 Å². The highest BCUT2D eigenvalue weighted by Gasteiger charge is 2.28. The van der Waals surface area contributed by atoms with Gasteiger partial charge in [0.2, 0.25) is 0 Å². The van der Waals surface area contributed by atoms with Crippen LogP contribution < -0.4 is 14.5 Å². The van der Waals surface area contributed by atoms with Crippen molar-refractivity contribution < 1.29 is 17.9 Å². The molecular formula is C23H27N5O4S. The van der Waals surface area contributed by atoms with Crippen LogP contribution in [0.25, 0.3) is 0 Å². The second kappa shape index (κ2) is 9.24. The zero-order valence-corrected chi connectivity index (χ0v) is 19.7. The van der Waals surface area contributed by atoms with E-state index in [1.54, 1.807) is 31.3 Å². The standard InChI is InChI=1S/C23H27N5O4S/c1-17-4-10-20(11-5-17)33(30,31)27(3)23-21(16-24-26(23)2)22(29)25-18-6-8-19(9-7-18)28-12-14-32-15-13-28/h4-11,16H,12-15H2,1-3H3,(H,25,29). The molecule has 0 unspecified atom stereocenters. The van der Waals surface area contributed by atoms with Gasteiger partial charge in [0.05, 0.1) is 24.3 Å². The highest BCUT2D eigenvalue weighted by atomic mass is 32.2. The van der Waals surface area contributed by atoms with Crippen molar-refractivity contribution in [3.8, 4) is 0 Å². The average Bonchev–Trinajstić information content (AvgIpc) is 3.21. The van der Waals surface area contributed by atoms with Gasteiger partial charge in [0.1, 0.15) is 5.56 Å². The van der Waals surface area contributed by atoms with Crippen molar-refractivity contribution >= 4 is 33.1 Å². The minimum Gasteiger partial charge on any atom is -0.378 e. The van der Waals surface area contributed by atoms with E-state index < -0.39 is 15.9 Å². The molecule has 1 amide bonds. The smallest absolute Gasteiger partial charge is 0.265 e. The Labute approximate surface area is 193 Å². The van der Waals surface area contributed by atoms with Gasteiger partial charge in [-0.15, -0.1) is 0 Å². The lowest BCUT2D eigenvalue weighted by Gasteiger charge is -2.28. The fraction of sp³-hybridized carbons (Fsp3) is 0.304. The predicted molar refractivity (Wildman–Crippen MR) is 127 cm³/mol. The number of nitrogens with zero attached hydrogens (tertiary/aromatic N) is 4. The van der Waals surface area contributed by atoms with Gasteiger partial charge in [-0.2, -0.15) is 5.10 Å². The number of amides is 1. The SMILES string of the molecule is Cc1ccc(S(=O)(=O)N(C)c2c(C(=O)Nc3ccc(N4CCOCC4)cc3)cnn2C)cc1. The molecule has 1 saturated heterocycles. The van der Waals surface area contributed by atoms with Crippen LogP contribution in [0.15, 0.2) is 59.6 Å². The van der Waals surface area contributed by atoms with Crippen LogP contribution in [-0.4, -0.2) is 57.5 Å². The van der Waals surface area contributed by atoms with Gasteiger partial charge in [-0.3, -0.25) is 13.8 Å². The molecule has 0 spiro atoms. The van der Waals surface area contributed by atoms with Crippen LogP contribution in [0.1, 0.15) is 15.9 Å². The monoisotopic (exact) mass is 469 g/mol. The Morgan fingerprint density at radius 3 is 2.33 bits per heavy atom.